The minimum Gasteiger partial charge on any atom is -0.268 e. The molecule has 102 valence electrons. The number of benzene rings is 1. The van der Waals surface area contributed by atoms with E-state index in [-0.39, 0.29) is 0 Å². The van der Waals surface area contributed by atoms with E-state index in [1.807, 2.05) is 55.5 Å². The minimum atomic E-state index is -3.60. The first-order valence-electron chi connectivity index (χ1n) is 5.82. The third-order valence-electron chi connectivity index (χ3n) is 2.12. The van der Waals surface area contributed by atoms with Crippen LogP contribution >= 0.6 is 0 Å². The summed E-state index contributed by atoms with van der Waals surface area (Å²) in [5, 5.41) is 3.68. The summed E-state index contributed by atoms with van der Waals surface area (Å²) in [4.78, 5) is 0. The van der Waals surface area contributed by atoms with Gasteiger partial charge in [-0.25, -0.2) is 0 Å². The Kier molecular flexibility index (Phi) is 6.02. The van der Waals surface area contributed by atoms with Crippen molar-refractivity contribution in [3.63, 3.8) is 0 Å². The van der Waals surface area contributed by atoms with E-state index in [0.29, 0.717) is 5.71 Å². The van der Waals surface area contributed by atoms with Gasteiger partial charge in [-0.05, 0) is 19.4 Å². The summed E-state index contributed by atoms with van der Waals surface area (Å²) in [5.74, 6) is 0. The summed E-state index contributed by atoms with van der Waals surface area (Å²) in [7, 11) is -3.60. The Morgan fingerprint density at radius 1 is 1.26 bits per heavy atom. The van der Waals surface area contributed by atoms with Gasteiger partial charge in [-0.2, -0.15) is 8.42 Å². The fourth-order valence-electron chi connectivity index (χ4n) is 1.29. The molecule has 5 heteroatoms. The van der Waals surface area contributed by atoms with Crippen molar-refractivity contribution >= 4 is 15.8 Å². The van der Waals surface area contributed by atoms with Crippen molar-refractivity contribution < 1.29 is 12.7 Å². The van der Waals surface area contributed by atoms with E-state index in [2.05, 4.69) is 9.44 Å². The summed E-state index contributed by atoms with van der Waals surface area (Å²) in [6.07, 6.45) is 9.26. The molecule has 0 atom stereocenters. The summed E-state index contributed by atoms with van der Waals surface area (Å²) >= 11 is 0. The average Bonchev–Trinajstić information content (AvgIpc) is 2.38. The molecule has 0 aliphatic carbocycles. The van der Waals surface area contributed by atoms with Crippen LogP contribution < -0.4 is 0 Å². The molecule has 4 nitrogen and oxygen atoms in total. The standard InChI is InChI=1S/C14H17NO3S/c1-3-4-5-9-12-14(15-18-19(2,16)17)13-10-7-6-8-11-13/h3-4,6-12H,5H2,1-2H3/b4-3+,12-9-,15-14+. The van der Waals surface area contributed by atoms with Gasteiger partial charge in [-0.1, -0.05) is 53.7 Å². The number of rotatable bonds is 6. The van der Waals surface area contributed by atoms with Gasteiger partial charge in [0.15, 0.2) is 0 Å². The number of nitrogens with zero attached hydrogens (tertiary/aromatic N) is 1. The SMILES string of the molecule is C/C=C/C/C=C\C(=N/OS(C)(=O)=O)c1ccccc1. The molecule has 1 rings (SSSR count). The second kappa shape index (κ2) is 7.53. The molecule has 0 fully saturated rings. The zero-order valence-corrected chi connectivity index (χ0v) is 11.8. The van der Waals surface area contributed by atoms with Gasteiger partial charge in [-0.3, -0.25) is 4.28 Å². The van der Waals surface area contributed by atoms with Gasteiger partial charge in [0.05, 0.1) is 6.26 Å². The molecule has 0 spiro atoms. The van der Waals surface area contributed by atoms with E-state index in [1.54, 1.807) is 6.08 Å². The molecule has 0 saturated carbocycles. The fourth-order valence-corrected chi connectivity index (χ4v) is 1.51. The van der Waals surface area contributed by atoms with Crippen LogP contribution in [0, 0.1) is 0 Å². The Balaban J connectivity index is 2.95. The monoisotopic (exact) mass is 279 g/mol. The highest BCUT2D eigenvalue weighted by Crippen LogP contribution is 2.05. The number of hydrogen-bond donors (Lipinski definition) is 0. The molecule has 0 saturated heterocycles. The van der Waals surface area contributed by atoms with Gasteiger partial charge in [-0.15, -0.1) is 0 Å². The summed E-state index contributed by atoms with van der Waals surface area (Å²) in [6.45, 7) is 1.94. The van der Waals surface area contributed by atoms with Gasteiger partial charge in [0.2, 0.25) is 0 Å². The fraction of sp³-hybridized carbons (Fsp3) is 0.214. The maximum atomic E-state index is 11.0. The molecule has 1 aromatic rings. The first-order valence-corrected chi connectivity index (χ1v) is 7.64. The highest BCUT2D eigenvalue weighted by molar-refractivity contribution is 7.85. The van der Waals surface area contributed by atoms with Crippen LogP contribution in [-0.4, -0.2) is 20.4 Å². The van der Waals surface area contributed by atoms with Gasteiger partial charge >= 0.3 is 10.1 Å². The van der Waals surface area contributed by atoms with E-state index >= 15 is 0 Å². The van der Waals surface area contributed by atoms with Crippen LogP contribution in [0.4, 0.5) is 0 Å². The second-order valence-corrected chi connectivity index (χ2v) is 5.39. The van der Waals surface area contributed by atoms with Gasteiger partial charge in [0, 0.05) is 5.56 Å². The predicted molar refractivity (Wildman–Crippen MR) is 77.5 cm³/mol. The van der Waals surface area contributed by atoms with Crippen molar-refractivity contribution in [2.45, 2.75) is 13.3 Å². The Morgan fingerprint density at radius 3 is 2.53 bits per heavy atom. The quantitative estimate of drug-likeness (QED) is 0.457. The third-order valence-corrected chi connectivity index (χ3v) is 2.47. The largest absolute Gasteiger partial charge is 0.325 e. The van der Waals surface area contributed by atoms with Crippen LogP contribution in [0.25, 0.3) is 0 Å². The summed E-state index contributed by atoms with van der Waals surface area (Å²) in [5.41, 5.74) is 1.26. The molecule has 0 radical (unpaired) electrons. The normalized spacial score (nSPS) is 13.3. The van der Waals surface area contributed by atoms with E-state index in [9.17, 15) is 8.42 Å². The van der Waals surface area contributed by atoms with Crippen molar-refractivity contribution in [2.24, 2.45) is 5.16 Å². The molecule has 0 N–H and O–H groups in total. The lowest BCUT2D eigenvalue weighted by molar-refractivity contribution is 0.344. The van der Waals surface area contributed by atoms with E-state index in [0.717, 1.165) is 18.2 Å². The molecule has 0 aliphatic heterocycles. The first kappa shape index (κ1) is 15.2. The zero-order chi connectivity index (χ0) is 14.1. The zero-order valence-electron chi connectivity index (χ0n) is 11.0. The molecule has 0 unspecified atom stereocenters. The lowest BCUT2D eigenvalue weighted by Gasteiger charge is -2.01. The molecule has 0 amide bonds. The second-order valence-electron chi connectivity index (χ2n) is 3.83. The van der Waals surface area contributed by atoms with Crippen LogP contribution in [-0.2, 0) is 14.4 Å². The van der Waals surface area contributed by atoms with Crippen molar-refractivity contribution in [1.29, 1.82) is 0 Å². The molecular weight excluding hydrogens is 262 g/mol. The molecule has 0 heterocycles. The van der Waals surface area contributed by atoms with E-state index in [1.165, 1.54) is 0 Å². The highest BCUT2D eigenvalue weighted by Gasteiger charge is 2.03. The van der Waals surface area contributed by atoms with Crippen molar-refractivity contribution in [3.8, 4) is 0 Å². The number of hydrogen-bond acceptors (Lipinski definition) is 4. The van der Waals surface area contributed by atoms with Gasteiger partial charge < -0.3 is 0 Å². The van der Waals surface area contributed by atoms with Crippen molar-refractivity contribution in [1.82, 2.24) is 0 Å². The smallest absolute Gasteiger partial charge is 0.268 e. The van der Waals surface area contributed by atoms with E-state index in [4.69, 9.17) is 0 Å². The molecular formula is C14H17NO3S. The Morgan fingerprint density at radius 2 is 1.95 bits per heavy atom. The van der Waals surface area contributed by atoms with Gasteiger partial charge in [0.1, 0.15) is 5.71 Å². The van der Waals surface area contributed by atoms with E-state index < -0.39 is 10.1 Å². The molecule has 0 aliphatic rings. The van der Waals surface area contributed by atoms with Crippen LogP contribution in [0.1, 0.15) is 18.9 Å². The molecule has 0 aromatic heterocycles. The lowest BCUT2D eigenvalue weighted by atomic mass is 10.1. The first-order chi connectivity index (χ1) is 9.03. The van der Waals surface area contributed by atoms with Gasteiger partial charge in [0.25, 0.3) is 0 Å². The lowest BCUT2D eigenvalue weighted by Crippen LogP contribution is -2.02. The third kappa shape index (κ3) is 6.57. The van der Waals surface area contributed by atoms with Crippen LogP contribution in [0.2, 0.25) is 0 Å². The Bertz CT molecular complexity index is 572. The molecule has 1 aromatic carbocycles. The number of allylic oxidation sites excluding steroid dienone is 4. The van der Waals surface area contributed by atoms with Crippen molar-refractivity contribution in [3.05, 3.63) is 60.2 Å². The predicted octanol–water partition coefficient (Wildman–Crippen LogP) is 2.89. The maximum Gasteiger partial charge on any atom is 0.325 e. The summed E-state index contributed by atoms with van der Waals surface area (Å²) < 4.78 is 26.5. The Hall–Kier alpha value is -1.88. The molecule has 0 bridgehead atoms. The maximum absolute atomic E-state index is 11.0. The minimum absolute atomic E-state index is 0.468. The Labute approximate surface area is 114 Å². The number of oxime groups is 1. The average molecular weight is 279 g/mol. The topological polar surface area (TPSA) is 55.7 Å². The van der Waals surface area contributed by atoms with Crippen molar-refractivity contribution in [2.75, 3.05) is 6.26 Å². The van der Waals surface area contributed by atoms with Crippen LogP contribution in [0.5, 0.6) is 0 Å². The van der Waals surface area contributed by atoms with Crippen LogP contribution in [0.3, 0.4) is 0 Å². The van der Waals surface area contributed by atoms with Crippen LogP contribution in [0.15, 0.2) is 59.8 Å². The highest BCUT2D eigenvalue weighted by atomic mass is 32.2. The molecule has 19 heavy (non-hydrogen) atoms. The summed E-state index contributed by atoms with van der Waals surface area (Å²) in [6, 6.07) is 9.26.